The van der Waals surface area contributed by atoms with Crippen LogP contribution in [0.25, 0.3) is 0 Å². The highest BCUT2D eigenvalue weighted by Crippen LogP contribution is 2.24. The molecule has 0 fully saturated rings. The zero-order valence-electron chi connectivity index (χ0n) is 11.5. The average molecular weight is 256 g/mol. The number of hydrogen-bond acceptors (Lipinski definition) is 3. The fraction of sp³-hybridized carbons (Fsp3) is 0.312. The lowest BCUT2D eigenvalue weighted by atomic mass is 10.1. The third kappa shape index (κ3) is 4.07. The van der Waals surface area contributed by atoms with E-state index in [9.17, 15) is 0 Å². The Morgan fingerprint density at radius 2 is 2.16 bits per heavy atom. The van der Waals surface area contributed by atoms with E-state index in [0.29, 0.717) is 0 Å². The number of aryl methyl sites for hydroxylation is 1. The van der Waals surface area contributed by atoms with Crippen LogP contribution in [-0.4, -0.2) is 11.5 Å². The largest absolute Gasteiger partial charge is 0.455 e. The quantitative estimate of drug-likeness (QED) is 0.800. The average Bonchev–Trinajstić information content (AvgIpc) is 2.43. The zero-order valence-corrected chi connectivity index (χ0v) is 11.5. The molecule has 1 aromatic carbocycles. The maximum Gasteiger partial charge on any atom is 0.145 e. The zero-order chi connectivity index (χ0) is 13.5. The number of nitrogens with one attached hydrogen (secondary N) is 1. The highest BCUT2D eigenvalue weighted by Gasteiger charge is 2.02. The summed E-state index contributed by atoms with van der Waals surface area (Å²) in [7, 11) is 0. The van der Waals surface area contributed by atoms with Gasteiger partial charge in [-0.1, -0.05) is 19.1 Å². The van der Waals surface area contributed by atoms with Crippen molar-refractivity contribution in [1.82, 2.24) is 10.3 Å². The van der Waals surface area contributed by atoms with Crippen molar-refractivity contribution < 1.29 is 4.74 Å². The van der Waals surface area contributed by atoms with Gasteiger partial charge in [0, 0.05) is 12.7 Å². The topological polar surface area (TPSA) is 34.1 Å². The molecule has 0 unspecified atom stereocenters. The molecule has 0 spiro atoms. The van der Waals surface area contributed by atoms with E-state index in [1.807, 2.05) is 18.2 Å². The van der Waals surface area contributed by atoms with E-state index < -0.39 is 0 Å². The van der Waals surface area contributed by atoms with Crippen LogP contribution >= 0.6 is 0 Å². The number of pyridine rings is 1. The molecule has 0 saturated carbocycles. The normalized spacial score (nSPS) is 10.4. The lowest BCUT2D eigenvalue weighted by Crippen LogP contribution is -2.13. The van der Waals surface area contributed by atoms with E-state index in [1.54, 1.807) is 12.4 Å². The Kier molecular flexibility index (Phi) is 4.93. The predicted octanol–water partition coefficient (Wildman–Crippen LogP) is 3.68. The Morgan fingerprint density at radius 1 is 1.26 bits per heavy atom. The second-order valence-electron chi connectivity index (χ2n) is 4.57. The molecule has 0 bridgehead atoms. The summed E-state index contributed by atoms with van der Waals surface area (Å²) >= 11 is 0. The summed E-state index contributed by atoms with van der Waals surface area (Å²) in [5, 5.41) is 3.40. The minimum absolute atomic E-state index is 0.766. The van der Waals surface area contributed by atoms with Gasteiger partial charge in [-0.25, -0.2) is 0 Å². The molecule has 2 rings (SSSR count). The monoisotopic (exact) mass is 256 g/mol. The van der Waals surface area contributed by atoms with Gasteiger partial charge in [0.15, 0.2) is 0 Å². The van der Waals surface area contributed by atoms with Crippen molar-refractivity contribution in [2.75, 3.05) is 6.54 Å². The van der Waals surface area contributed by atoms with Crippen LogP contribution in [0.1, 0.15) is 24.5 Å². The predicted molar refractivity (Wildman–Crippen MR) is 77.5 cm³/mol. The molecule has 1 aromatic heterocycles. The molecule has 3 heteroatoms. The van der Waals surface area contributed by atoms with Gasteiger partial charge in [0.25, 0.3) is 0 Å². The fourth-order valence-corrected chi connectivity index (χ4v) is 1.88. The molecule has 0 amide bonds. The van der Waals surface area contributed by atoms with Crippen molar-refractivity contribution in [1.29, 1.82) is 0 Å². The van der Waals surface area contributed by atoms with E-state index in [2.05, 4.69) is 36.3 Å². The summed E-state index contributed by atoms with van der Waals surface area (Å²) in [4.78, 5) is 4.04. The second-order valence-corrected chi connectivity index (χ2v) is 4.57. The molecule has 0 aliphatic heterocycles. The Labute approximate surface area is 114 Å². The van der Waals surface area contributed by atoms with Crippen LogP contribution < -0.4 is 10.1 Å². The van der Waals surface area contributed by atoms with Crippen LogP contribution in [0.3, 0.4) is 0 Å². The molecule has 1 heterocycles. The molecule has 100 valence electrons. The van der Waals surface area contributed by atoms with Gasteiger partial charge in [0.2, 0.25) is 0 Å². The second kappa shape index (κ2) is 6.90. The summed E-state index contributed by atoms with van der Waals surface area (Å²) in [6.45, 7) is 6.19. The van der Waals surface area contributed by atoms with E-state index in [1.165, 1.54) is 5.56 Å². The molecule has 1 N–H and O–H groups in total. The van der Waals surface area contributed by atoms with Crippen LogP contribution in [0.15, 0.2) is 42.7 Å². The van der Waals surface area contributed by atoms with Gasteiger partial charge < -0.3 is 10.1 Å². The number of rotatable bonds is 6. The first kappa shape index (κ1) is 13.6. The highest BCUT2D eigenvalue weighted by molar-refractivity contribution is 5.39. The summed E-state index contributed by atoms with van der Waals surface area (Å²) in [5.41, 5.74) is 2.42. The van der Waals surface area contributed by atoms with Crippen molar-refractivity contribution in [3.63, 3.8) is 0 Å². The van der Waals surface area contributed by atoms with Crippen molar-refractivity contribution in [2.24, 2.45) is 0 Å². The van der Waals surface area contributed by atoms with E-state index in [4.69, 9.17) is 4.74 Å². The van der Waals surface area contributed by atoms with Crippen molar-refractivity contribution in [3.05, 3.63) is 53.9 Å². The first-order valence-corrected chi connectivity index (χ1v) is 6.67. The fourth-order valence-electron chi connectivity index (χ4n) is 1.88. The van der Waals surface area contributed by atoms with Gasteiger partial charge in [0.05, 0.1) is 6.20 Å². The molecule has 0 atom stereocenters. The molecule has 3 nitrogen and oxygen atoms in total. The maximum absolute atomic E-state index is 5.81. The van der Waals surface area contributed by atoms with Crippen LogP contribution in [-0.2, 0) is 6.54 Å². The molecule has 2 aromatic rings. The number of benzene rings is 1. The van der Waals surface area contributed by atoms with Gasteiger partial charge in [-0.15, -0.1) is 0 Å². The number of hydrogen-bond donors (Lipinski definition) is 1. The molecule has 0 aliphatic rings. The van der Waals surface area contributed by atoms with E-state index >= 15 is 0 Å². The van der Waals surface area contributed by atoms with Crippen LogP contribution in [0.2, 0.25) is 0 Å². The SMILES string of the molecule is CCCNCc1ccc(Oc2cccnc2)c(C)c1. The summed E-state index contributed by atoms with van der Waals surface area (Å²) in [6, 6.07) is 10.1. The number of aromatic nitrogens is 1. The van der Waals surface area contributed by atoms with Gasteiger partial charge in [0.1, 0.15) is 11.5 Å². The smallest absolute Gasteiger partial charge is 0.145 e. The Morgan fingerprint density at radius 3 is 2.84 bits per heavy atom. The molecule has 19 heavy (non-hydrogen) atoms. The van der Waals surface area contributed by atoms with Gasteiger partial charge in [-0.3, -0.25) is 4.98 Å². The van der Waals surface area contributed by atoms with Gasteiger partial charge >= 0.3 is 0 Å². The summed E-state index contributed by atoms with van der Waals surface area (Å²) < 4.78 is 5.81. The molecule has 0 radical (unpaired) electrons. The summed E-state index contributed by atoms with van der Waals surface area (Å²) in [5.74, 6) is 1.65. The Balaban J connectivity index is 2.03. The Bertz CT molecular complexity index is 511. The molecule has 0 saturated heterocycles. The van der Waals surface area contributed by atoms with Crippen LogP contribution in [0.4, 0.5) is 0 Å². The lowest BCUT2D eigenvalue weighted by molar-refractivity contribution is 0.476. The van der Waals surface area contributed by atoms with Crippen molar-refractivity contribution in [3.8, 4) is 11.5 Å². The van der Waals surface area contributed by atoms with Crippen LogP contribution in [0.5, 0.6) is 11.5 Å². The molecular formula is C16H20N2O. The molecule has 0 aliphatic carbocycles. The highest BCUT2D eigenvalue weighted by atomic mass is 16.5. The van der Waals surface area contributed by atoms with E-state index in [-0.39, 0.29) is 0 Å². The minimum Gasteiger partial charge on any atom is -0.455 e. The van der Waals surface area contributed by atoms with E-state index in [0.717, 1.165) is 36.6 Å². The van der Waals surface area contributed by atoms with Crippen molar-refractivity contribution in [2.45, 2.75) is 26.8 Å². The van der Waals surface area contributed by atoms with Gasteiger partial charge in [-0.05, 0) is 49.2 Å². The third-order valence-corrected chi connectivity index (χ3v) is 2.86. The van der Waals surface area contributed by atoms with Crippen LogP contribution in [0, 0.1) is 6.92 Å². The molecular weight excluding hydrogens is 236 g/mol. The first-order chi connectivity index (χ1) is 9.29. The number of nitrogens with zero attached hydrogens (tertiary/aromatic N) is 1. The van der Waals surface area contributed by atoms with Gasteiger partial charge in [-0.2, -0.15) is 0 Å². The minimum atomic E-state index is 0.766. The number of ether oxygens (including phenoxy) is 1. The maximum atomic E-state index is 5.81. The Hall–Kier alpha value is -1.87. The third-order valence-electron chi connectivity index (χ3n) is 2.86. The summed E-state index contributed by atoms with van der Waals surface area (Å²) in [6.07, 6.45) is 4.61. The lowest BCUT2D eigenvalue weighted by Gasteiger charge is -2.10. The van der Waals surface area contributed by atoms with Crippen molar-refractivity contribution >= 4 is 0 Å². The standard InChI is InChI=1S/C16H20N2O/c1-3-8-17-11-14-6-7-16(13(2)10-14)19-15-5-4-9-18-12-15/h4-7,9-10,12,17H,3,8,11H2,1-2H3. The first-order valence-electron chi connectivity index (χ1n) is 6.67.